The smallest absolute Gasteiger partial charge is 0.261 e. The van der Waals surface area contributed by atoms with Gasteiger partial charge in [-0.05, 0) is 64.7 Å². The highest BCUT2D eigenvalue weighted by atomic mass is 79.9. The van der Waals surface area contributed by atoms with Gasteiger partial charge in [0.1, 0.15) is 0 Å². The molecule has 0 saturated carbocycles. The number of sulfonamides is 1. The summed E-state index contributed by atoms with van der Waals surface area (Å²) in [5, 5.41) is 0. The van der Waals surface area contributed by atoms with Crippen LogP contribution in [-0.2, 0) is 16.4 Å². The van der Waals surface area contributed by atoms with Crippen molar-refractivity contribution in [3.8, 4) is 0 Å². The second kappa shape index (κ2) is 6.62. The highest BCUT2D eigenvalue weighted by Crippen LogP contribution is 2.26. The van der Waals surface area contributed by atoms with Crippen molar-refractivity contribution in [2.75, 3.05) is 4.72 Å². The van der Waals surface area contributed by atoms with Crippen molar-refractivity contribution in [3.05, 3.63) is 58.1 Å². The highest BCUT2D eigenvalue weighted by Gasteiger charge is 2.15. The molecule has 0 spiro atoms. The van der Waals surface area contributed by atoms with E-state index in [9.17, 15) is 8.42 Å². The SMILES string of the molecule is CCCc1ccc(S(=O)(=O)Nc2cc(C)ccc2Br)cc1. The van der Waals surface area contributed by atoms with E-state index >= 15 is 0 Å². The number of halogens is 1. The molecule has 2 aromatic rings. The Kier molecular flexibility index (Phi) is 5.06. The van der Waals surface area contributed by atoms with Crippen molar-refractivity contribution in [1.29, 1.82) is 0 Å². The number of anilines is 1. The summed E-state index contributed by atoms with van der Waals surface area (Å²) in [7, 11) is -3.56. The lowest BCUT2D eigenvalue weighted by Gasteiger charge is -2.11. The van der Waals surface area contributed by atoms with Gasteiger partial charge in [0.25, 0.3) is 10.0 Å². The molecule has 0 saturated heterocycles. The van der Waals surface area contributed by atoms with Crippen molar-refractivity contribution >= 4 is 31.6 Å². The topological polar surface area (TPSA) is 46.2 Å². The Balaban J connectivity index is 2.27. The molecule has 0 unspecified atom stereocenters. The van der Waals surface area contributed by atoms with Crippen LogP contribution in [0.15, 0.2) is 51.8 Å². The molecule has 3 nitrogen and oxygen atoms in total. The number of benzene rings is 2. The van der Waals surface area contributed by atoms with Gasteiger partial charge in [-0.25, -0.2) is 8.42 Å². The lowest BCUT2D eigenvalue weighted by Crippen LogP contribution is -2.13. The maximum atomic E-state index is 12.4. The van der Waals surface area contributed by atoms with Gasteiger partial charge in [0.2, 0.25) is 0 Å². The van der Waals surface area contributed by atoms with Crippen molar-refractivity contribution < 1.29 is 8.42 Å². The van der Waals surface area contributed by atoms with Gasteiger partial charge in [0, 0.05) is 4.47 Å². The third kappa shape index (κ3) is 4.08. The lowest BCUT2D eigenvalue weighted by molar-refractivity contribution is 0.601. The zero-order valence-corrected chi connectivity index (χ0v) is 14.5. The van der Waals surface area contributed by atoms with E-state index in [4.69, 9.17) is 0 Å². The molecule has 21 heavy (non-hydrogen) atoms. The number of rotatable bonds is 5. The Hall–Kier alpha value is -1.33. The van der Waals surface area contributed by atoms with Crippen LogP contribution >= 0.6 is 15.9 Å². The van der Waals surface area contributed by atoms with Crippen LogP contribution < -0.4 is 4.72 Å². The Labute approximate surface area is 134 Å². The number of nitrogens with one attached hydrogen (secondary N) is 1. The van der Waals surface area contributed by atoms with Crippen LogP contribution in [0.3, 0.4) is 0 Å². The molecule has 0 fully saturated rings. The number of hydrogen-bond acceptors (Lipinski definition) is 2. The predicted octanol–water partition coefficient (Wildman–Crippen LogP) is 4.51. The van der Waals surface area contributed by atoms with Crippen molar-refractivity contribution in [1.82, 2.24) is 0 Å². The molecule has 2 aromatic carbocycles. The van der Waals surface area contributed by atoms with Crippen molar-refractivity contribution in [3.63, 3.8) is 0 Å². The van der Waals surface area contributed by atoms with Gasteiger partial charge in [-0.3, -0.25) is 4.72 Å². The zero-order chi connectivity index (χ0) is 15.5. The molecule has 0 aliphatic rings. The minimum absolute atomic E-state index is 0.274. The lowest BCUT2D eigenvalue weighted by atomic mass is 10.1. The Bertz CT molecular complexity index is 724. The monoisotopic (exact) mass is 367 g/mol. The molecule has 0 aromatic heterocycles. The molecule has 0 bridgehead atoms. The Morgan fingerprint density at radius 3 is 2.38 bits per heavy atom. The van der Waals surface area contributed by atoms with E-state index in [-0.39, 0.29) is 4.90 Å². The molecule has 0 radical (unpaired) electrons. The second-order valence-electron chi connectivity index (χ2n) is 4.98. The minimum atomic E-state index is -3.56. The number of aryl methyl sites for hydroxylation is 2. The molecule has 0 amide bonds. The second-order valence-corrected chi connectivity index (χ2v) is 7.52. The molecule has 0 aliphatic heterocycles. The molecule has 0 atom stereocenters. The third-order valence-electron chi connectivity index (χ3n) is 3.14. The van der Waals surface area contributed by atoms with Crippen molar-refractivity contribution in [2.45, 2.75) is 31.6 Å². The molecule has 0 aliphatic carbocycles. The van der Waals surface area contributed by atoms with E-state index in [1.165, 1.54) is 0 Å². The van der Waals surface area contributed by atoms with Gasteiger partial charge in [-0.2, -0.15) is 0 Å². The first kappa shape index (κ1) is 16.0. The van der Waals surface area contributed by atoms with Crippen LogP contribution in [0.5, 0.6) is 0 Å². The fourth-order valence-electron chi connectivity index (χ4n) is 2.04. The van der Waals surface area contributed by atoms with E-state index in [1.54, 1.807) is 18.2 Å². The van der Waals surface area contributed by atoms with E-state index in [0.717, 1.165) is 28.4 Å². The first-order chi connectivity index (χ1) is 9.92. The molecule has 112 valence electrons. The number of hydrogen-bond donors (Lipinski definition) is 1. The normalized spacial score (nSPS) is 11.4. The van der Waals surface area contributed by atoms with Crippen LogP contribution in [0.4, 0.5) is 5.69 Å². The third-order valence-corrected chi connectivity index (χ3v) is 5.21. The Morgan fingerprint density at radius 1 is 1.10 bits per heavy atom. The predicted molar refractivity (Wildman–Crippen MR) is 90.1 cm³/mol. The first-order valence-electron chi connectivity index (χ1n) is 6.80. The largest absolute Gasteiger partial charge is 0.278 e. The van der Waals surface area contributed by atoms with Crippen molar-refractivity contribution in [2.24, 2.45) is 0 Å². The quantitative estimate of drug-likeness (QED) is 0.844. The van der Waals surface area contributed by atoms with E-state index in [0.29, 0.717) is 5.69 Å². The van der Waals surface area contributed by atoms with E-state index in [1.807, 2.05) is 31.2 Å². The van der Waals surface area contributed by atoms with Crippen LogP contribution in [0, 0.1) is 6.92 Å². The minimum Gasteiger partial charge on any atom is -0.278 e. The Morgan fingerprint density at radius 2 is 1.76 bits per heavy atom. The fraction of sp³-hybridized carbons (Fsp3) is 0.250. The summed E-state index contributed by atoms with van der Waals surface area (Å²) in [5.74, 6) is 0. The first-order valence-corrected chi connectivity index (χ1v) is 9.08. The van der Waals surface area contributed by atoms with Gasteiger partial charge < -0.3 is 0 Å². The molecule has 2 rings (SSSR count). The van der Waals surface area contributed by atoms with Crippen LogP contribution in [0.1, 0.15) is 24.5 Å². The van der Waals surface area contributed by atoms with Gasteiger partial charge >= 0.3 is 0 Å². The molecular formula is C16H18BrNO2S. The van der Waals surface area contributed by atoms with Crippen LogP contribution in [0.25, 0.3) is 0 Å². The summed E-state index contributed by atoms with van der Waals surface area (Å²) in [6.07, 6.45) is 2.00. The summed E-state index contributed by atoms with van der Waals surface area (Å²) >= 11 is 3.36. The summed E-state index contributed by atoms with van der Waals surface area (Å²) in [5.41, 5.74) is 2.69. The molecule has 1 N–H and O–H groups in total. The van der Waals surface area contributed by atoms with Gasteiger partial charge in [-0.15, -0.1) is 0 Å². The fourth-order valence-corrected chi connectivity index (χ4v) is 3.59. The molecular weight excluding hydrogens is 350 g/mol. The van der Waals surface area contributed by atoms with Gasteiger partial charge in [0.05, 0.1) is 10.6 Å². The highest BCUT2D eigenvalue weighted by molar-refractivity contribution is 9.10. The summed E-state index contributed by atoms with van der Waals surface area (Å²) in [6, 6.07) is 12.6. The summed E-state index contributed by atoms with van der Waals surface area (Å²) < 4.78 is 28.1. The van der Waals surface area contributed by atoms with Gasteiger partial charge in [-0.1, -0.05) is 31.5 Å². The van der Waals surface area contributed by atoms with E-state index in [2.05, 4.69) is 27.6 Å². The van der Waals surface area contributed by atoms with Gasteiger partial charge in [0.15, 0.2) is 0 Å². The van der Waals surface area contributed by atoms with Crippen LogP contribution in [-0.4, -0.2) is 8.42 Å². The standard InChI is InChI=1S/C16H18BrNO2S/c1-3-4-13-6-8-14(9-7-13)21(19,20)18-16-11-12(2)5-10-15(16)17/h5-11,18H,3-4H2,1-2H3. The maximum absolute atomic E-state index is 12.4. The van der Waals surface area contributed by atoms with Crippen LogP contribution in [0.2, 0.25) is 0 Å². The average Bonchev–Trinajstić information content (AvgIpc) is 2.44. The summed E-state index contributed by atoms with van der Waals surface area (Å²) in [4.78, 5) is 0.274. The molecule has 5 heteroatoms. The summed E-state index contributed by atoms with van der Waals surface area (Å²) in [6.45, 7) is 4.02. The van der Waals surface area contributed by atoms with E-state index < -0.39 is 10.0 Å². The zero-order valence-electron chi connectivity index (χ0n) is 12.1. The average molecular weight is 368 g/mol. The maximum Gasteiger partial charge on any atom is 0.261 e. The molecule has 0 heterocycles.